The standard InChI is InChI=1S/C15H22N4/c1-11-7-5-6-8-14(11)19(4)15(9-16)13-10-18(3)17-12(13)2/h5-8,10,15H,9,16H2,1-4H3. The number of aromatic nitrogens is 2. The van der Waals surface area contributed by atoms with Crippen molar-refractivity contribution in [1.29, 1.82) is 0 Å². The lowest BCUT2D eigenvalue weighted by Gasteiger charge is -2.30. The van der Waals surface area contributed by atoms with Crippen molar-refractivity contribution in [3.8, 4) is 0 Å². The summed E-state index contributed by atoms with van der Waals surface area (Å²) >= 11 is 0. The third-order valence-electron chi connectivity index (χ3n) is 3.60. The number of hydrogen-bond acceptors (Lipinski definition) is 3. The van der Waals surface area contributed by atoms with Crippen LogP contribution >= 0.6 is 0 Å². The predicted molar refractivity (Wildman–Crippen MR) is 79.3 cm³/mol. The highest BCUT2D eigenvalue weighted by Gasteiger charge is 2.20. The Morgan fingerprint density at radius 3 is 2.53 bits per heavy atom. The molecule has 4 nitrogen and oxygen atoms in total. The minimum absolute atomic E-state index is 0.148. The molecule has 1 unspecified atom stereocenters. The smallest absolute Gasteiger partial charge is 0.0695 e. The molecule has 0 aliphatic heterocycles. The van der Waals surface area contributed by atoms with Crippen LogP contribution in [0.4, 0.5) is 5.69 Å². The molecule has 0 fully saturated rings. The number of benzene rings is 1. The van der Waals surface area contributed by atoms with E-state index in [-0.39, 0.29) is 6.04 Å². The van der Waals surface area contributed by atoms with E-state index in [0.717, 1.165) is 5.69 Å². The van der Waals surface area contributed by atoms with Gasteiger partial charge in [-0.3, -0.25) is 4.68 Å². The Morgan fingerprint density at radius 1 is 1.32 bits per heavy atom. The zero-order chi connectivity index (χ0) is 14.0. The number of likely N-dealkylation sites (N-methyl/N-ethyl adjacent to an activating group) is 1. The van der Waals surface area contributed by atoms with E-state index < -0.39 is 0 Å². The molecule has 0 saturated heterocycles. The van der Waals surface area contributed by atoms with Gasteiger partial charge >= 0.3 is 0 Å². The fourth-order valence-electron chi connectivity index (χ4n) is 2.57. The van der Waals surface area contributed by atoms with Gasteiger partial charge in [-0.15, -0.1) is 0 Å². The average molecular weight is 258 g/mol. The van der Waals surface area contributed by atoms with Gasteiger partial charge in [-0.05, 0) is 25.5 Å². The van der Waals surface area contributed by atoms with Gasteiger partial charge in [-0.1, -0.05) is 18.2 Å². The molecule has 2 N–H and O–H groups in total. The summed E-state index contributed by atoms with van der Waals surface area (Å²) in [6, 6.07) is 8.51. The van der Waals surface area contributed by atoms with Crippen LogP contribution in [0.15, 0.2) is 30.5 Å². The van der Waals surface area contributed by atoms with Crippen molar-refractivity contribution < 1.29 is 0 Å². The lowest BCUT2D eigenvalue weighted by molar-refractivity contribution is 0.674. The molecule has 0 aliphatic rings. The third kappa shape index (κ3) is 2.63. The van der Waals surface area contributed by atoms with Gasteiger partial charge in [0, 0.05) is 38.1 Å². The van der Waals surface area contributed by atoms with Crippen molar-refractivity contribution in [3.05, 3.63) is 47.3 Å². The summed E-state index contributed by atoms with van der Waals surface area (Å²) in [6.07, 6.45) is 2.06. The average Bonchev–Trinajstić information content (AvgIpc) is 2.70. The molecule has 0 saturated carbocycles. The first-order valence-corrected chi connectivity index (χ1v) is 6.53. The monoisotopic (exact) mass is 258 g/mol. The molecular weight excluding hydrogens is 236 g/mol. The fraction of sp³-hybridized carbons (Fsp3) is 0.400. The maximum atomic E-state index is 5.99. The first-order valence-electron chi connectivity index (χ1n) is 6.53. The topological polar surface area (TPSA) is 47.1 Å². The van der Waals surface area contributed by atoms with Crippen molar-refractivity contribution in [2.45, 2.75) is 19.9 Å². The molecule has 4 heteroatoms. The number of hydrogen-bond donors (Lipinski definition) is 1. The maximum absolute atomic E-state index is 5.99. The summed E-state index contributed by atoms with van der Waals surface area (Å²) in [5.74, 6) is 0. The summed E-state index contributed by atoms with van der Waals surface area (Å²) in [5.41, 5.74) is 10.7. The molecule has 19 heavy (non-hydrogen) atoms. The van der Waals surface area contributed by atoms with Gasteiger partial charge in [0.15, 0.2) is 0 Å². The van der Waals surface area contributed by atoms with Gasteiger partial charge in [0.05, 0.1) is 11.7 Å². The zero-order valence-corrected chi connectivity index (χ0v) is 12.1. The molecular formula is C15H22N4. The lowest BCUT2D eigenvalue weighted by atomic mass is 10.0. The SMILES string of the molecule is Cc1ccccc1N(C)C(CN)c1cn(C)nc1C. The molecule has 102 valence electrons. The highest BCUT2D eigenvalue weighted by atomic mass is 15.3. The van der Waals surface area contributed by atoms with Gasteiger partial charge in [-0.2, -0.15) is 5.10 Å². The molecule has 0 spiro atoms. The van der Waals surface area contributed by atoms with Gasteiger partial charge < -0.3 is 10.6 Å². The summed E-state index contributed by atoms with van der Waals surface area (Å²) < 4.78 is 1.85. The number of nitrogens with zero attached hydrogens (tertiary/aromatic N) is 3. The van der Waals surface area contributed by atoms with Crippen LogP contribution in [0, 0.1) is 13.8 Å². The van der Waals surface area contributed by atoms with E-state index in [1.165, 1.54) is 16.8 Å². The normalized spacial score (nSPS) is 12.5. The Bertz CT molecular complexity index is 559. The fourth-order valence-corrected chi connectivity index (χ4v) is 2.57. The number of para-hydroxylation sites is 1. The molecule has 1 atom stereocenters. The van der Waals surface area contributed by atoms with Crippen LogP contribution in [0.2, 0.25) is 0 Å². The van der Waals surface area contributed by atoms with E-state index in [1.807, 2.05) is 18.7 Å². The summed E-state index contributed by atoms with van der Waals surface area (Å²) in [4.78, 5) is 2.24. The van der Waals surface area contributed by atoms with E-state index >= 15 is 0 Å². The van der Waals surface area contributed by atoms with Crippen LogP contribution in [0.25, 0.3) is 0 Å². The molecule has 0 radical (unpaired) electrons. The van der Waals surface area contributed by atoms with Crippen molar-refractivity contribution in [1.82, 2.24) is 9.78 Å². The number of aryl methyl sites for hydroxylation is 3. The van der Waals surface area contributed by atoms with Gasteiger partial charge in [0.2, 0.25) is 0 Å². The Hall–Kier alpha value is -1.81. The van der Waals surface area contributed by atoms with Crippen LogP contribution in [0.3, 0.4) is 0 Å². The van der Waals surface area contributed by atoms with Crippen molar-refractivity contribution in [2.24, 2.45) is 12.8 Å². The third-order valence-corrected chi connectivity index (χ3v) is 3.60. The quantitative estimate of drug-likeness (QED) is 0.914. The molecule has 1 aromatic heterocycles. The first-order chi connectivity index (χ1) is 9.04. The van der Waals surface area contributed by atoms with Crippen LogP contribution < -0.4 is 10.6 Å². The highest BCUT2D eigenvalue weighted by Crippen LogP contribution is 2.28. The molecule has 1 aromatic carbocycles. The van der Waals surface area contributed by atoms with Crippen molar-refractivity contribution in [3.63, 3.8) is 0 Å². The Balaban J connectivity index is 2.37. The van der Waals surface area contributed by atoms with E-state index in [0.29, 0.717) is 6.54 Å². The van der Waals surface area contributed by atoms with Crippen LogP contribution in [-0.4, -0.2) is 23.4 Å². The highest BCUT2D eigenvalue weighted by molar-refractivity contribution is 5.54. The first kappa shape index (κ1) is 13.6. The van der Waals surface area contributed by atoms with Crippen LogP contribution in [0.5, 0.6) is 0 Å². The second kappa shape index (κ2) is 5.45. The van der Waals surface area contributed by atoms with Gasteiger partial charge in [-0.25, -0.2) is 0 Å². The lowest BCUT2D eigenvalue weighted by Crippen LogP contribution is -2.31. The second-order valence-electron chi connectivity index (χ2n) is 4.99. The summed E-state index contributed by atoms with van der Waals surface area (Å²) in [7, 11) is 4.03. The van der Waals surface area contributed by atoms with Crippen molar-refractivity contribution in [2.75, 3.05) is 18.5 Å². The van der Waals surface area contributed by atoms with Crippen molar-refractivity contribution >= 4 is 5.69 Å². The summed E-state index contributed by atoms with van der Waals surface area (Å²) in [6.45, 7) is 4.72. The van der Waals surface area contributed by atoms with Crippen LogP contribution in [-0.2, 0) is 7.05 Å². The van der Waals surface area contributed by atoms with Gasteiger partial charge in [0.25, 0.3) is 0 Å². The van der Waals surface area contributed by atoms with E-state index in [4.69, 9.17) is 5.73 Å². The molecule has 2 aromatic rings. The van der Waals surface area contributed by atoms with E-state index in [2.05, 4.69) is 54.4 Å². The Kier molecular flexibility index (Phi) is 3.90. The largest absolute Gasteiger partial charge is 0.366 e. The number of anilines is 1. The Morgan fingerprint density at radius 2 is 2.00 bits per heavy atom. The molecule has 0 amide bonds. The number of nitrogens with two attached hydrogens (primary N) is 1. The summed E-state index contributed by atoms with van der Waals surface area (Å²) in [5, 5.41) is 4.41. The Labute approximate surface area is 114 Å². The zero-order valence-electron chi connectivity index (χ0n) is 12.1. The second-order valence-corrected chi connectivity index (χ2v) is 4.99. The predicted octanol–water partition coefficient (Wildman–Crippen LogP) is 2.17. The molecule has 0 aliphatic carbocycles. The van der Waals surface area contributed by atoms with Crippen LogP contribution in [0.1, 0.15) is 22.9 Å². The molecule has 0 bridgehead atoms. The number of rotatable bonds is 4. The minimum Gasteiger partial charge on any atom is -0.366 e. The maximum Gasteiger partial charge on any atom is 0.0695 e. The van der Waals surface area contributed by atoms with E-state index in [9.17, 15) is 0 Å². The minimum atomic E-state index is 0.148. The molecule has 1 heterocycles. The van der Waals surface area contributed by atoms with E-state index in [1.54, 1.807) is 0 Å². The molecule has 2 rings (SSSR count). The van der Waals surface area contributed by atoms with Gasteiger partial charge in [0.1, 0.15) is 0 Å².